The Hall–Kier alpha value is -2.82. The highest BCUT2D eigenvalue weighted by Crippen LogP contribution is 2.16. The van der Waals surface area contributed by atoms with Crippen LogP contribution in [0.15, 0.2) is 54.6 Å². The second-order valence-electron chi connectivity index (χ2n) is 7.13. The molecule has 0 aromatic heterocycles. The summed E-state index contributed by atoms with van der Waals surface area (Å²) in [6.45, 7) is 4.76. The molecule has 0 fully saturated rings. The lowest BCUT2D eigenvalue weighted by Crippen LogP contribution is -2.43. The Morgan fingerprint density at radius 2 is 1.57 bits per heavy atom. The summed E-state index contributed by atoms with van der Waals surface area (Å²) in [6.07, 6.45) is 2.09. The van der Waals surface area contributed by atoms with Crippen molar-refractivity contribution >= 4 is 17.6 Å². The number of hydrogen-bond acceptors (Lipinski definition) is 2. The van der Waals surface area contributed by atoms with E-state index in [1.54, 1.807) is 19.0 Å². The quantitative estimate of drug-likeness (QED) is 0.745. The van der Waals surface area contributed by atoms with Crippen LogP contribution in [0.5, 0.6) is 0 Å². The number of nitrogens with one attached hydrogen (secondary N) is 1. The number of urea groups is 1. The molecule has 2 aromatic carbocycles. The molecule has 2 aromatic rings. The number of amides is 3. The summed E-state index contributed by atoms with van der Waals surface area (Å²) in [4.78, 5) is 28.1. The first-order chi connectivity index (χ1) is 13.4. The Bertz CT molecular complexity index is 757. The number of anilines is 1. The molecule has 1 unspecified atom stereocenters. The van der Waals surface area contributed by atoms with E-state index >= 15 is 0 Å². The summed E-state index contributed by atoms with van der Waals surface area (Å²) in [5, 5.41) is 2.99. The fourth-order valence-electron chi connectivity index (χ4n) is 3.16. The molecule has 150 valence electrons. The first-order valence-electron chi connectivity index (χ1n) is 9.85. The fourth-order valence-corrected chi connectivity index (χ4v) is 3.16. The van der Waals surface area contributed by atoms with Gasteiger partial charge in [0.25, 0.3) is 0 Å². The summed E-state index contributed by atoms with van der Waals surface area (Å²) in [5.74, 6) is 0.0562. The third-order valence-corrected chi connectivity index (χ3v) is 4.89. The van der Waals surface area contributed by atoms with Crippen molar-refractivity contribution in [3.8, 4) is 0 Å². The Kier molecular flexibility index (Phi) is 8.05. The van der Waals surface area contributed by atoms with Crippen molar-refractivity contribution in [2.45, 2.75) is 39.2 Å². The van der Waals surface area contributed by atoms with Crippen molar-refractivity contribution < 1.29 is 9.59 Å². The summed E-state index contributed by atoms with van der Waals surface area (Å²) < 4.78 is 0. The zero-order valence-corrected chi connectivity index (χ0v) is 17.3. The number of rotatable bonds is 8. The lowest BCUT2D eigenvalue weighted by atomic mass is 10.0. The molecule has 3 amide bonds. The third kappa shape index (κ3) is 6.12. The smallest absolute Gasteiger partial charge is 0.322 e. The van der Waals surface area contributed by atoms with Crippen molar-refractivity contribution in [3.63, 3.8) is 0 Å². The topological polar surface area (TPSA) is 52.7 Å². The van der Waals surface area contributed by atoms with E-state index in [1.807, 2.05) is 54.3 Å². The molecule has 2 rings (SSSR count). The van der Waals surface area contributed by atoms with Gasteiger partial charge in [-0.1, -0.05) is 49.4 Å². The van der Waals surface area contributed by atoms with Crippen molar-refractivity contribution in [1.29, 1.82) is 0 Å². The third-order valence-electron chi connectivity index (χ3n) is 4.89. The van der Waals surface area contributed by atoms with Gasteiger partial charge < -0.3 is 15.1 Å². The van der Waals surface area contributed by atoms with Gasteiger partial charge in [0.15, 0.2) is 0 Å². The molecule has 5 nitrogen and oxygen atoms in total. The SMILES string of the molecule is CCC(Cc1ccccc1)N(CC)C(=O)Nc1ccc(CC(=O)N(C)C)cc1. The van der Waals surface area contributed by atoms with Gasteiger partial charge in [0.2, 0.25) is 5.91 Å². The Balaban J connectivity index is 2.01. The number of benzene rings is 2. The molecule has 5 heteroatoms. The average Bonchev–Trinajstić information content (AvgIpc) is 2.69. The highest BCUT2D eigenvalue weighted by Gasteiger charge is 2.21. The van der Waals surface area contributed by atoms with Gasteiger partial charge in [-0.25, -0.2) is 4.79 Å². The van der Waals surface area contributed by atoms with Crippen LogP contribution in [0, 0.1) is 0 Å². The van der Waals surface area contributed by atoms with Gasteiger partial charge in [-0.3, -0.25) is 4.79 Å². The zero-order chi connectivity index (χ0) is 20.5. The Morgan fingerprint density at radius 1 is 0.929 bits per heavy atom. The number of carbonyl (C=O) groups excluding carboxylic acids is 2. The van der Waals surface area contributed by atoms with Crippen LogP contribution in [0.1, 0.15) is 31.4 Å². The summed E-state index contributed by atoms with van der Waals surface area (Å²) in [5.41, 5.74) is 2.90. The second kappa shape index (κ2) is 10.5. The number of hydrogen-bond donors (Lipinski definition) is 1. The molecule has 0 saturated heterocycles. The van der Waals surface area contributed by atoms with Crippen molar-refractivity contribution in [1.82, 2.24) is 9.80 Å². The largest absolute Gasteiger partial charge is 0.349 e. The average molecular weight is 382 g/mol. The maximum atomic E-state index is 12.8. The molecule has 0 aliphatic rings. The Morgan fingerprint density at radius 3 is 2.11 bits per heavy atom. The van der Waals surface area contributed by atoms with Gasteiger partial charge >= 0.3 is 6.03 Å². The predicted octanol–water partition coefficient (Wildman–Crippen LogP) is 4.19. The highest BCUT2D eigenvalue weighted by molar-refractivity contribution is 5.89. The molecule has 0 aliphatic heterocycles. The molecule has 1 N–H and O–H groups in total. The van der Waals surface area contributed by atoms with Crippen molar-refractivity contribution in [2.24, 2.45) is 0 Å². The first kappa shape index (κ1) is 21.5. The van der Waals surface area contributed by atoms with E-state index in [1.165, 1.54) is 5.56 Å². The normalized spacial score (nSPS) is 11.6. The van der Waals surface area contributed by atoms with E-state index in [4.69, 9.17) is 0 Å². The van der Waals surface area contributed by atoms with Crippen LogP contribution in [0.4, 0.5) is 10.5 Å². The minimum absolute atomic E-state index is 0.0562. The van der Waals surface area contributed by atoms with Gasteiger partial charge in [-0.2, -0.15) is 0 Å². The van der Waals surface area contributed by atoms with Crippen LogP contribution in [0.3, 0.4) is 0 Å². The van der Waals surface area contributed by atoms with Gasteiger partial charge in [0.1, 0.15) is 0 Å². The summed E-state index contributed by atoms with van der Waals surface area (Å²) >= 11 is 0. The van der Waals surface area contributed by atoms with Crippen molar-refractivity contribution in [2.75, 3.05) is 26.0 Å². The summed E-state index contributed by atoms with van der Waals surface area (Å²) in [7, 11) is 3.49. The van der Waals surface area contributed by atoms with E-state index in [-0.39, 0.29) is 18.0 Å². The molecule has 0 heterocycles. The standard InChI is InChI=1S/C23H31N3O2/c1-5-21(16-18-10-8-7-9-11-18)26(6-2)23(28)24-20-14-12-19(13-15-20)17-22(27)25(3)4/h7-15,21H,5-6,16-17H2,1-4H3,(H,24,28). The van der Waals surface area contributed by atoms with Gasteiger partial charge in [-0.05, 0) is 43.0 Å². The van der Waals surface area contributed by atoms with Gasteiger partial charge in [-0.15, -0.1) is 0 Å². The molecule has 28 heavy (non-hydrogen) atoms. The molecular formula is C23H31N3O2. The van der Waals surface area contributed by atoms with Gasteiger partial charge in [0.05, 0.1) is 6.42 Å². The van der Waals surface area contributed by atoms with E-state index in [0.717, 1.165) is 24.1 Å². The zero-order valence-electron chi connectivity index (χ0n) is 17.3. The first-order valence-corrected chi connectivity index (χ1v) is 9.85. The predicted molar refractivity (Wildman–Crippen MR) is 114 cm³/mol. The maximum Gasteiger partial charge on any atom is 0.322 e. The monoisotopic (exact) mass is 381 g/mol. The van der Waals surface area contributed by atoms with Crippen LogP contribution < -0.4 is 5.32 Å². The molecule has 0 saturated carbocycles. The van der Waals surface area contributed by atoms with Crippen LogP contribution in [-0.2, 0) is 17.6 Å². The second-order valence-corrected chi connectivity index (χ2v) is 7.13. The molecule has 0 aliphatic carbocycles. The molecule has 0 spiro atoms. The van der Waals surface area contributed by atoms with Crippen LogP contribution >= 0.6 is 0 Å². The van der Waals surface area contributed by atoms with E-state index in [0.29, 0.717) is 13.0 Å². The van der Waals surface area contributed by atoms with E-state index < -0.39 is 0 Å². The summed E-state index contributed by atoms with van der Waals surface area (Å²) in [6, 6.07) is 17.8. The van der Waals surface area contributed by atoms with Crippen LogP contribution in [-0.4, -0.2) is 48.4 Å². The lowest BCUT2D eigenvalue weighted by Gasteiger charge is -2.30. The van der Waals surface area contributed by atoms with Crippen LogP contribution in [0.25, 0.3) is 0 Å². The number of nitrogens with zero attached hydrogens (tertiary/aromatic N) is 2. The van der Waals surface area contributed by atoms with E-state index in [9.17, 15) is 9.59 Å². The maximum absolute atomic E-state index is 12.8. The fraction of sp³-hybridized carbons (Fsp3) is 0.391. The highest BCUT2D eigenvalue weighted by atomic mass is 16.2. The Labute approximate surface area is 168 Å². The van der Waals surface area contributed by atoms with Gasteiger partial charge in [0, 0.05) is 32.4 Å². The molecule has 1 atom stereocenters. The van der Waals surface area contributed by atoms with Crippen molar-refractivity contribution in [3.05, 3.63) is 65.7 Å². The minimum Gasteiger partial charge on any atom is -0.349 e. The molecular weight excluding hydrogens is 350 g/mol. The van der Waals surface area contributed by atoms with E-state index in [2.05, 4.69) is 24.4 Å². The molecule has 0 radical (unpaired) electrons. The number of likely N-dealkylation sites (N-methyl/N-ethyl adjacent to an activating group) is 2. The molecule has 0 bridgehead atoms. The lowest BCUT2D eigenvalue weighted by molar-refractivity contribution is -0.127. The number of carbonyl (C=O) groups is 2. The minimum atomic E-state index is -0.0950. The van der Waals surface area contributed by atoms with Crippen LogP contribution in [0.2, 0.25) is 0 Å².